The van der Waals surface area contributed by atoms with Gasteiger partial charge in [-0.3, -0.25) is 15.1 Å². The number of alkyl halides is 1. The number of aromatic nitrogens is 2. The average Bonchev–Trinajstić information content (AvgIpc) is 3.57. The zero-order valence-electron chi connectivity index (χ0n) is 23.1. The first-order valence-corrected chi connectivity index (χ1v) is 14.7. The Kier molecular flexibility index (Phi) is 6.90. The minimum absolute atomic E-state index is 0.0500. The Morgan fingerprint density at radius 2 is 2.00 bits per heavy atom. The summed E-state index contributed by atoms with van der Waals surface area (Å²) in [7, 11) is 2.18. The van der Waals surface area contributed by atoms with Gasteiger partial charge in [-0.1, -0.05) is 6.42 Å². The van der Waals surface area contributed by atoms with Crippen LogP contribution in [0.3, 0.4) is 0 Å². The molecule has 1 aromatic heterocycles. The fourth-order valence-electron chi connectivity index (χ4n) is 7.12. The lowest BCUT2D eigenvalue weighted by Gasteiger charge is -2.41. The summed E-state index contributed by atoms with van der Waals surface area (Å²) in [6.07, 6.45) is 6.26. The first-order chi connectivity index (χ1) is 18.7. The monoisotopic (exact) mass is 540 g/mol. The number of allylic oxidation sites excluding steroid dienone is 2. The van der Waals surface area contributed by atoms with E-state index >= 15 is 0 Å². The van der Waals surface area contributed by atoms with Crippen LogP contribution >= 0.6 is 0 Å². The minimum atomic E-state index is -0.887. The third kappa shape index (κ3) is 4.84. The molecule has 10 heteroatoms. The van der Waals surface area contributed by atoms with E-state index in [-0.39, 0.29) is 40.8 Å². The highest BCUT2D eigenvalue weighted by molar-refractivity contribution is 6.09. The molecule has 6 rings (SSSR count). The van der Waals surface area contributed by atoms with Crippen LogP contribution in [0.2, 0.25) is 0 Å². The highest BCUT2D eigenvalue weighted by Crippen LogP contribution is 2.48. The molecule has 4 atom stereocenters. The Balaban J connectivity index is 1.33. The molecule has 2 saturated carbocycles. The molecule has 3 aliphatic carbocycles. The number of Topliss-reactive ketones (excluding diaryl/α,β-unsaturated/α-hetero) is 1. The van der Waals surface area contributed by atoms with Crippen molar-refractivity contribution in [2.24, 2.45) is 5.41 Å². The zero-order valence-corrected chi connectivity index (χ0v) is 23.1. The van der Waals surface area contributed by atoms with Gasteiger partial charge in [-0.2, -0.15) is 4.98 Å². The predicted molar refractivity (Wildman–Crippen MR) is 146 cm³/mol. The van der Waals surface area contributed by atoms with Crippen LogP contribution in [0.15, 0.2) is 17.4 Å². The number of aliphatic hydroxyl groups excluding tert-OH is 1. The van der Waals surface area contributed by atoms with Gasteiger partial charge in [0.2, 0.25) is 5.88 Å². The van der Waals surface area contributed by atoms with Gasteiger partial charge in [-0.05, 0) is 65.3 Å². The Hall–Kier alpha value is -2.59. The van der Waals surface area contributed by atoms with Crippen molar-refractivity contribution in [3.8, 4) is 5.88 Å². The number of carbonyl (C=O) groups excluding carboxylic acids is 1. The van der Waals surface area contributed by atoms with E-state index in [0.29, 0.717) is 55.9 Å². The molecule has 0 unspecified atom stereocenters. The molecule has 2 saturated heterocycles. The first-order valence-electron chi connectivity index (χ1n) is 14.7. The van der Waals surface area contributed by atoms with Crippen molar-refractivity contribution >= 4 is 17.3 Å². The molecular formula is C29H41FN6O3. The minimum Gasteiger partial charge on any atom is -0.511 e. The van der Waals surface area contributed by atoms with Crippen LogP contribution in [0.4, 0.5) is 10.2 Å². The van der Waals surface area contributed by atoms with Gasteiger partial charge >= 0.3 is 0 Å². The summed E-state index contributed by atoms with van der Waals surface area (Å²) in [5, 5.41) is 23.7. The number of ketones is 1. The summed E-state index contributed by atoms with van der Waals surface area (Å²) >= 11 is 0. The van der Waals surface area contributed by atoms with E-state index in [1.807, 2.05) is 13.0 Å². The predicted octanol–water partition coefficient (Wildman–Crippen LogP) is 3.72. The average molecular weight is 541 g/mol. The molecule has 5 aliphatic rings. The molecule has 0 radical (unpaired) electrons. The maximum absolute atomic E-state index is 13.8. The van der Waals surface area contributed by atoms with Gasteiger partial charge in [0, 0.05) is 55.8 Å². The number of carbonyl (C=O) groups is 1. The number of likely N-dealkylation sites (N-methyl/N-ethyl adjacent to an activating group) is 1. The molecule has 2 aliphatic heterocycles. The van der Waals surface area contributed by atoms with Crippen molar-refractivity contribution in [3.63, 3.8) is 0 Å². The number of hydrogen-bond donors (Lipinski definition) is 3. The van der Waals surface area contributed by atoms with E-state index in [4.69, 9.17) is 15.1 Å². The van der Waals surface area contributed by atoms with Crippen molar-refractivity contribution in [3.05, 3.63) is 23.2 Å². The summed E-state index contributed by atoms with van der Waals surface area (Å²) in [5.41, 5.74) is -0.159. The lowest BCUT2D eigenvalue weighted by atomic mass is 9.64. The van der Waals surface area contributed by atoms with Gasteiger partial charge in [-0.25, -0.2) is 9.37 Å². The third-order valence-corrected chi connectivity index (χ3v) is 9.91. The largest absolute Gasteiger partial charge is 0.511 e. The van der Waals surface area contributed by atoms with E-state index < -0.39 is 11.6 Å². The first kappa shape index (κ1) is 26.6. The fraction of sp³-hybridized carbons (Fsp3) is 0.724. The standard InChI is InChI=1S/C29H41FN6O3/c1-18(21-14-19(30)16-32-21)39-24-15-23(36-13-12-35(2)28(17-36)10-11-28)33-27(34-24)25(31)20-6-5-9-29(26(20)38)8-4-3-7-22(29)37/h15,18-19,21,31-32,38H,3-14,16-17H2,1-2H3/t18-,19+,21-,29+/m0/s1. The molecule has 0 aromatic carbocycles. The molecule has 0 bridgehead atoms. The topological polar surface area (TPSA) is 115 Å². The van der Waals surface area contributed by atoms with Crippen molar-refractivity contribution in [1.82, 2.24) is 20.2 Å². The number of piperazine rings is 1. The summed E-state index contributed by atoms with van der Waals surface area (Å²) < 4.78 is 20.1. The Morgan fingerprint density at radius 1 is 1.21 bits per heavy atom. The number of anilines is 1. The molecule has 4 fully saturated rings. The number of nitrogens with one attached hydrogen (secondary N) is 2. The summed E-state index contributed by atoms with van der Waals surface area (Å²) in [4.78, 5) is 27.2. The highest BCUT2D eigenvalue weighted by Gasteiger charge is 2.50. The van der Waals surface area contributed by atoms with Gasteiger partial charge in [-0.15, -0.1) is 0 Å². The number of nitrogens with zero attached hydrogens (tertiary/aromatic N) is 4. The van der Waals surface area contributed by atoms with Gasteiger partial charge < -0.3 is 20.1 Å². The lowest BCUT2D eigenvalue weighted by molar-refractivity contribution is -0.131. The van der Waals surface area contributed by atoms with Gasteiger partial charge in [0.1, 0.15) is 35.3 Å². The molecule has 9 nitrogen and oxygen atoms in total. The molecule has 2 spiro atoms. The fourth-order valence-corrected chi connectivity index (χ4v) is 7.12. The van der Waals surface area contributed by atoms with Gasteiger partial charge in [0.05, 0.1) is 5.41 Å². The van der Waals surface area contributed by atoms with Gasteiger partial charge in [0.25, 0.3) is 0 Å². The number of hydrogen-bond acceptors (Lipinski definition) is 9. The number of halogens is 1. The van der Waals surface area contributed by atoms with E-state index in [0.717, 1.165) is 51.7 Å². The Bertz CT molecular complexity index is 1190. The molecule has 39 heavy (non-hydrogen) atoms. The van der Waals surface area contributed by atoms with E-state index in [2.05, 4.69) is 27.1 Å². The van der Waals surface area contributed by atoms with E-state index in [1.165, 1.54) is 0 Å². The molecule has 3 N–H and O–H groups in total. The summed E-state index contributed by atoms with van der Waals surface area (Å²) in [6, 6.07) is 1.71. The maximum atomic E-state index is 13.8. The summed E-state index contributed by atoms with van der Waals surface area (Å²) in [5.74, 6) is 1.39. The number of rotatable bonds is 6. The van der Waals surface area contributed by atoms with E-state index in [9.17, 15) is 14.3 Å². The third-order valence-electron chi connectivity index (χ3n) is 9.91. The van der Waals surface area contributed by atoms with Crippen LogP contribution in [0.25, 0.3) is 0 Å². The molecule has 3 heterocycles. The lowest BCUT2D eigenvalue weighted by Crippen LogP contribution is -2.53. The zero-order chi connectivity index (χ0) is 27.4. The van der Waals surface area contributed by atoms with Crippen LogP contribution < -0.4 is 15.0 Å². The maximum Gasteiger partial charge on any atom is 0.219 e. The van der Waals surface area contributed by atoms with Crippen LogP contribution in [0.1, 0.15) is 77.0 Å². The normalized spacial score (nSPS) is 31.7. The molecule has 1 aromatic rings. The second-order valence-electron chi connectivity index (χ2n) is 12.4. The molecule has 0 amide bonds. The Morgan fingerprint density at radius 3 is 2.72 bits per heavy atom. The molecular weight excluding hydrogens is 499 g/mol. The van der Waals surface area contributed by atoms with Crippen molar-refractivity contribution < 1.29 is 19.0 Å². The SMILES string of the molecule is C[C@H](Oc1cc(N2CCN(C)C3(CC3)C2)nc(C(=N)C2=C(O)[C@]3(CCCCC3=O)CCC2)n1)[C@@H]1C[C@@H](F)CN1. The quantitative estimate of drug-likeness (QED) is 0.468. The van der Waals surface area contributed by atoms with Crippen LogP contribution in [0, 0.1) is 10.8 Å². The second kappa shape index (κ2) is 10.1. The van der Waals surface area contributed by atoms with Crippen LogP contribution in [-0.2, 0) is 4.79 Å². The second-order valence-corrected chi connectivity index (χ2v) is 12.4. The summed E-state index contributed by atoms with van der Waals surface area (Å²) in [6.45, 7) is 4.80. The van der Waals surface area contributed by atoms with Crippen LogP contribution in [0.5, 0.6) is 5.88 Å². The number of ether oxygens (including phenoxy) is 1. The number of aliphatic hydroxyl groups is 1. The van der Waals surface area contributed by atoms with Crippen molar-refractivity contribution in [2.75, 3.05) is 38.1 Å². The van der Waals surface area contributed by atoms with E-state index in [1.54, 1.807) is 0 Å². The van der Waals surface area contributed by atoms with Gasteiger partial charge in [0.15, 0.2) is 5.82 Å². The van der Waals surface area contributed by atoms with Crippen molar-refractivity contribution in [2.45, 2.75) is 95.0 Å². The van der Waals surface area contributed by atoms with Crippen molar-refractivity contribution in [1.29, 1.82) is 5.41 Å². The Labute approximate surface area is 229 Å². The molecule has 212 valence electrons. The smallest absolute Gasteiger partial charge is 0.219 e. The highest BCUT2D eigenvalue weighted by atomic mass is 19.1. The van der Waals surface area contributed by atoms with Crippen LogP contribution in [-0.4, -0.2) is 88.6 Å².